The van der Waals surface area contributed by atoms with Crippen molar-refractivity contribution in [1.82, 2.24) is 14.5 Å². The van der Waals surface area contributed by atoms with Crippen LogP contribution in [-0.2, 0) is 21.2 Å². The molecule has 0 bridgehead atoms. The van der Waals surface area contributed by atoms with Gasteiger partial charge in [-0.15, -0.1) is 0 Å². The number of hydrogen-bond donors (Lipinski definition) is 1. The third-order valence-electron chi connectivity index (χ3n) is 6.40. The fourth-order valence-corrected chi connectivity index (χ4v) is 5.30. The summed E-state index contributed by atoms with van der Waals surface area (Å²) >= 11 is 0. The summed E-state index contributed by atoms with van der Waals surface area (Å²) < 4.78 is 33.1. The topological polar surface area (TPSA) is 96.0 Å². The minimum absolute atomic E-state index is 0.0279. The lowest BCUT2D eigenvalue weighted by Crippen LogP contribution is -2.50. The van der Waals surface area contributed by atoms with Crippen LogP contribution in [-0.4, -0.2) is 75.5 Å². The number of benzene rings is 2. The molecule has 0 spiro atoms. The number of hydrogen-bond acceptors (Lipinski definition) is 5. The van der Waals surface area contributed by atoms with Gasteiger partial charge in [0.05, 0.1) is 11.0 Å². The van der Waals surface area contributed by atoms with Gasteiger partial charge in [-0.25, -0.2) is 13.1 Å². The van der Waals surface area contributed by atoms with E-state index in [1.807, 2.05) is 24.3 Å². The molecule has 0 aromatic heterocycles. The quantitative estimate of drug-likeness (QED) is 0.649. The van der Waals surface area contributed by atoms with Crippen molar-refractivity contribution in [3.05, 3.63) is 65.2 Å². The number of nitrogens with one attached hydrogen (secondary N) is 1. The van der Waals surface area contributed by atoms with Crippen molar-refractivity contribution in [2.75, 3.05) is 39.3 Å². The van der Waals surface area contributed by atoms with E-state index in [4.69, 9.17) is 4.74 Å². The lowest BCUT2D eigenvalue weighted by Gasteiger charge is -2.35. The van der Waals surface area contributed by atoms with E-state index in [9.17, 15) is 18.0 Å². The molecule has 182 valence electrons. The van der Waals surface area contributed by atoms with Crippen molar-refractivity contribution >= 4 is 21.8 Å². The molecule has 2 aliphatic rings. The number of amides is 2. The molecular formula is C25H31N3O5S. The molecule has 2 aromatic carbocycles. The van der Waals surface area contributed by atoms with Crippen LogP contribution < -0.4 is 4.72 Å². The van der Waals surface area contributed by atoms with Gasteiger partial charge in [0.2, 0.25) is 10.0 Å². The maximum absolute atomic E-state index is 12.9. The highest BCUT2D eigenvalue weighted by Gasteiger charge is 2.26. The SMILES string of the molecule is CCc1ccc(C(=O)N2CCN(C(=O)c3ccc(S(=O)(=O)NCC4CCCO4)cc3)CC2)cc1. The Labute approximate surface area is 200 Å². The lowest BCUT2D eigenvalue weighted by molar-refractivity contribution is 0.0535. The summed E-state index contributed by atoms with van der Waals surface area (Å²) in [5.41, 5.74) is 2.26. The minimum Gasteiger partial charge on any atom is -0.377 e. The Bertz CT molecular complexity index is 1100. The fraction of sp³-hybridized carbons (Fsp3) is 0.440. The van der Waals surface area contributed by atoms with Gasteiger partial charge >= 0.3 is 0 Å². The third kappa shape index (κ3) is 5.65. The number of piperazine rings is 1. The molecule has 2 aromatic rings. The summed E-state index contributed by atoms with van der Waals surface area (Å²) in [4.78, 5) is 29.3. The predicted octanol–water partition coefficient (Wildman–Crippen LogP) is 2.30. The van der Waals surface area contributed by atoms with Crippen molar-refractivity contribution in [2.24, 2.45) is 0 Å². The second-order valence-electron chi connectivity index (χ2n) is 8.65. The van der Waals surface area contributed by atoms with E-state index >= 15 is 0 Å². The smallest absolute Gasteiger partial charge is 0.253 e. The Kier molecular flexibility index (Phi) is 7.65. The highest BCUT2D eigenvalue weighted by molar-refractivity contribution is 7.89. The number of sulfonamides is 1. The minimum atomic E-state index is -3.66. The molecule has 1 unspecified atom stereocenters. The van der Waals surface area contributed by atoms with Crippen molar-refractivity contribution in [1.29, 1.82) is 0 Å². The largest absolute Gasteiger partial charge is 0.377 e. The number of carbonyl (C=O) groups excluding carboxylic acids is 2. The van der Waals surface area contributed by atoms with Gasteiger partial charge in [0.15, 0.2) is 0 Å². The maximum Gasteiger partial charge on any atom is 0.253 e. The molecular weight excluding hydrogens is 454 g/mol. The number of ether oxygens (including phenoxy) is 1. The summed E-state index contributed by atoms with van der Waals surface area (Å²) in [6.45, 7) is 4.76. The highest BCUT2D eigenvalue weighted by atomic mass is 32.2. The molecule has 9 heteroatoms. The number of rotatable bonds is 7. The van der Waals surface area contributed by atoms with E-state index in [1.54, 1.807) is 9.80 Å². The average molecular weight is 486 g/mol. The molecule has 2 heterocycles. The molecule has 1 atom stereocenters. The van der Waals surface area contributed by atoms with E-state index in [0.29, 0.717) is 43.9 Å². The van der Waals surface area contributed by atoms with Crippen LogP contribution in [0, 0.1) is 0 Å². The normalized spacial score (nSPS) is 18.8. The Morgan fingerprint density at radius 2 is 1.44 bits per heavy atom. The van der Waals surface area contributed by atoms with Crippen molar-refractivity contribution in [3.8, 4) is 0 Å². The summed E-state index contributed by atoms with van der Waals surface area (Å²) in [5, 5.41) is 0. The molecule has 1 N–H and O–H groups in total. The fourth-order valence-electron chi connectivity index (χ4n) is 4.23. The highest BCUT2D eigenvalue weighted by Crippen LogP contribution is 2.17. The second-order valence-corrected chi connectivity index (χ2v) is 10.4. The molecule has 0 saturated carbocycles. The summed E-state index contributed by atoms with van der Waals surface area (Å²) in [6.07, 6.45) is 2.63. The van der Waals surface area contributed by atoms with Crippen LogP contribution in [0.1, 0.15) is 46.0 Å². The average Bonchev–Trinajstić information content (AvgIpc) is 3.41. The van der Waals surface area contributed by atoms with Crippen molar-refractivity contribution in [3.63, 3.8) is 0 Å². The predicted molar refractivity (Wildman–Crippen MR) is 128 cm³/mol. The lowest BCUT2D eigenvalue weighted by atomic mass is 10.1. The van der Waals surface area contributed by atoms with Crippen molar-refractivity contribution in [2.45, 2.75) is 37.2 Å². The molecule has 0 radical (unpaired) electrons. The molecule has 0 aliphatic carbocycles. The van der Waals surface area contributed by atoms with Crippen LogP contribution in [0.5, 0.6) is 0 Å². The molecule has 4 rings (SSSR count). The van der Waals surface area contributed by atoms with Gasteiger partial charge in [-0.05, 0) is 61.2 Å². The van der Waals surface area contributed by atoms with Gasteiger partial charge in [-0.1, -0.05) is 19.1 Å². The van der Waals surface area contributed by atoms with E-state index in [1.165, 1.54) is 29.8 Å². The Morgan fingerprint density at radius 1 is 0.912 bits per heavy atom. The molecule has 8 nitrogen and oxygen atoms in total. The molecule has 2 fully saturated rings. The standard InChI is InChI=1S/C25H31N3O5S/c1-2-19-5-7-20(8-6-19)24(29)27-13-15-28(16-14-27)25(30)21-9-11-23(12-10-21)34(31,32)26-18-22-4-3-17-33-22/h5-12,22,26H,2-4,13-18H2,1H3. The number of aryl methyl sites for hydroxylation is 1. The first-order valence-corrected chi connectivity index (χ1v) is 13.2. The van der Waals surface area contributed by atoms with E-state index in [-0.39, 0.29) is 29.4 Å². The number of nitrogens with zero attached hydrogens (tertiary/aromatic N) is 2. The zero-order chi connectivity index (χ0) is 24.1. The Hall–Kier alpha value is -2.75. The van der Waals surface area contributed by atoms with Crippen molar-refractivity contribution < 1.29 is 22.7 Å². The van der Waals surface area contributed by atoms with E-state index in [2.05, 4.69) is 11.6 Å². The van der Waals surface area contributed by atoms with E-state index < -0.39 is 10.0 Å². The van der Waals surface area contributed by atoms with E-state index in [0.717, 1.165) is 19.3 Å². The zero-order valence-electron chi connectivity index (χ0n) is 19.4. The van der Waals surface area contributed by atoms with Gasteiger partial charge in [-0.3, -0.25) is 9.59 Å². The summed E-state index contributed by atoms with van der Waals surface area (Å²) in [7, 11) is -3.66. The van der Waals surface area contributed by atoms with Gasteiger partial charge in [-0.2, -0.15) is 0 Å². The summed E-state index contributed by atoms with van der Waals surface area (Å²) in [6, 6.07) is 13.6. The van der Waals surface area contributed by atoms with Crippen LogP contribution in [0.4, 0.5) is 0 Å². The molecule has 2 aliphatic heterocycles. The van der Waals surface area contributed by atoms with Crippen LogP contribution in [0.25, 0.3) is 0 Å². The first-order chi connectivity index (χ1) is 16.4. The first-order valence-electron chi connectivity index (χ1n) is 11.8. The summed E-state index contributed by atoms with van der Waals surface area (Å²) in [5.74, 6) is -0.199. The Morgan fingerprint density at radius 3 is 1.91 bits per heavy atom. The van der Waals surface area contributed by atoms with Gasteiger partial charge in [0.1, 0.15) is 0 Å². The van der Waals surface area contributed by atoms with Gasteiger partial charge in [0.25, 0.3) is 11.8 Å². The second kappa shape index (κ2) is 10.7. The van der Waals surface area contributed by atoms with Gasteiger partial charge in [0, 0.05) is 50.5 Å². The molecule has 34 heavy (non-hydrogen) atoms. The van der Waals surface area contributed by atoms with Crippen LogP contribution >= 0.6 is 0 Å². The third-order valence-corrected chi connectivity index (χ3v) is 7.84. The monoisotopic (exact) mass is 485 g/mol. The zero-order valence-corrected chi connectivity index (χ0v) is 20.2. The Balaban J connectivity index is 1.31. The van der Waals surface area contributed by atoms with Crippen LogP contribution in [0.15, 0.2) is 53.4 Å². The first kappa shape index (κ1) is 24.4. The van der Waals surface area contributed by atoms with Crippen LogP contribution in [0.3, 0.4) is 0 Å². The number of carbonyl (C=O) groups is 2. The maximum atomic E-state index is 12.9. The van der Waals surface area contributed by atoms with Gasteiger partial charge < -0.3 is 14.5 Å². The molecule has 2 saturated heterocycles. The molecule has 2 amide bonds. The van der Waals surface area contributed by atoms with Crippen LogP contribution in [0.2, 0.25) is 0 Å².